The van der Waals surface area contributed by atoms with E-state index in [1.807, 2.05) is 30.3 Å². The highest BCUT2D eigenvalue weighted by Gasteiger charge is 2.24. The molecule has 25 heavy (non-hydrogen) atoms. The van der Waals surface area contributed by atoms with Crippen molar-refractivity contribution in [3.05, 3.63) is 64.2 Å². The molecule has 0 saturated carbocycles. The monoisotopic (exact) mass is 339 g/mol. The van der Waals surface area contributed by atoms with E-state index in [-0.39, 0.29) is 11.6 Å². The van der Waals surface area contributed by atoms with Crippen molar-refractivity contribution in [2.45, 2.75) is 19.3 Å². The number of carbonyl (C=O) groups excluding carboxylic acids is 1. The Hall–Kier alpha value is -2.89. The number of anilines is 2. The van der Waals surface area contributed by atoms with Gasteiger partial charge in [0, 0.05) is 38.0 Å². The molecule has 1 heterocycles. The summed E-state index contributed by atoms with van der Waals surface area (Å²) in [4.78, 5) is 27.5. The van der Waals surface area contributed by atoms with Crippen molar-refractivity contribution >= 4 is 23.0 Å². The first kappa shape index (κ1) is 17.0. The summed E-state index contributed by atoms with van der Waals surface area (Å²) in [6.07, 6.45) is 3.31. The van der Waals surface area contributed by atoms with E-state index in [1.54, 1.807) is 13.1 Å². The number of nitro benzene ring substituents is 1. The van der Waals surface area contributed by atoms with Crippen LogP contribution >= 0.6 is 0 Å². The van der Waals surface area contributed by atoms with Gasteiger partial charge in [-0.1, -0.05) is 18.2 Å². The van der Waals surface area contributed by atoms with Crippen LogP contribution in [0.15, 0.2) is 48.5 Å². The summed E-state index contributed by atoms with van der Waals surface area (Å²) < 4.78 is 0. The summed E-state index contributed by atoms with van der Waals surface area (Å²) in [5.74, 6) is -0.240. The number of hydrogen-bond donors (Lipinski definition) is 0. The summed E-state index contributed by atoms with van der Waals surface area (Å²) in [5.41, 5.74) is 1.84. The number of hydrogen-bond acceptors (Lipinski definition) is 4. The van der Waals surface area contributed by atoms with Crippen LogP contribution in [0.4, 0.5) is 17.1 Å². The molecule has 6 heteroatoms. The number of piperidine rings is 1. The SMILES string of the molecule is CN(C(=O)c1cc([N+](=O)[O-])ccc1N1CCCCC1)c1ccccc1. The number of benzene rings is 2. The largest absolute Gasteiger partial charge is 0.371 e. The predicted molar refractivity (Wildman–Crippen MR) is 98.3 cm³/mol. The Bertz CT molecular complexity index is 771. The second-order valence-corrected chi connectivity index (χ2v) is 6.21. The van der Waals surface area contributed by atoms with Gasteiger partial charge < -0.3 is 9.80 Å². The smallest absolute Gasteiger partial charge is 0.270 e. The van der Waals surface area contributed by atoms with Crippen LogP contribution in [0, 0.1) is 10.1 Å². The minimum Gasteiger partial charge on any atom is -0.371 e. The first-order valence-corrected chi connectivity index (χ1v) is 8.44. The molecule has 1 amide bonds. The standard InChI is InChI=1S/C19H21N3O3/c1-20(15-8-4-2-5-9-15)19(23)17-14-16(22(24)25)10-11-18(17)21-12-6-3-7-13-21/h2,4-5,8-11,14H,3,6-7,12-13H2,1H3. The molecule has 0 unspecified atom stereocenters. The Balaban J connectivity index is 2.00. The zero-order valence-electron chi connectivity index (χ0n) is 14.2. The highest BCUT2D eigenvalue weighted by Crippen LogP contribution is 2.30. The third-order valence-corrected chi connectivity index (χ3v) is 4.57. The predicted octanol–water partition coefficient (Wildman–Crippen LogP) is 3.86. The van der Waals surface area contributed by atoms with Gasteiger partial charge in [-0.3, -0.25) is 14.9 Å². The molecule has 0 spiro atoms. The van der Waals surface area contributed by atoms with Crippen molar-refractivity contribution in [3.63, 3.8) is 0 Å². The molecule has 0 bridgehead atoms. The van der Waals surface area contributed by atoms with E-state index in [1.165, 1.54) is 23.5 Å². The molecule has 2 aromatic rings. The van der Waals surface area contributed by atoms with Crippen LogP contribution < -0.4 is 9.80 Å². The van der Waals surface area contributed by atoms with Crippen LogP contribution in [0.25, 0.3) is 0 Å². The summed E-state index contributed by atoms with van der Waals surface area (Å²) in [5, 5.41) is 11.2. The molecule has 2 aromatic carbocycles. The minimum atomic E-state index is -0.459. The second-order valence-electron chi connectivity index (χ2n) is 6.21. The van der Waals surface area contributed by atoms with E-state index in [9.17, 15) is 14.9 Å². The third-order valence-electron chi connectivity index (χ3n) is 4.57. The lowest BCUT2D eigenvalue weighted by Crippen LogP contribution is -2.33. The maximum Gasteiger partial charge on any atom is 0.270 e. The normalized spacial score (nSPS) is 14.2. The second kappa shape index (κ2) is 7.34. The van der Waals surface area contributed by atoms with E-state index in [4.69, 9.17) is 0 Å². The van der Waals surface area contributed by atoms with Gasteiger partial charge in [0.1, 0.15) is 0 Å². The Morgan fingerprint density at radius 1 is 1.08 bits per heavy atom. The topological polar surface area (TPSA) is 66.7 Å². The highest BCUT2D eigenvalue weighted by molar-refractivity contribution is 6.09. The molecule has 0 aromatic heterocycles. The molecule has 0 radical (unpaired) electrons. The van der Waals surface area contributed by atoms with Crippen LogP contribution in [0.5, 0.6) is 0 Å². The molecule has 1 fully saturated rings. The zero-order valence-corrected chi connectivity index (χ0v) is 14.2. The van der Waals surface area contributed by atoms with E-state index in [0.717, 1.165) is 37.3 Å². The lowest BCUT2D eigenvalue weighted by molar-refractivity contribution is -0.384. The average molecular weight is 339 g/mol. The van der Waals surface area contributed by atoms with Crippen molar-refractivity contribution in [2.24, 2.45) is 0 Å². The fourth-order valence-corrected chi connectivity index (χ4v) is 3.17. The van der Waals surface area contributed by atoms with E-state index < -0.39 is 4.92 Å². The number of carbonyl (C=O) groups is 1. The lowest BCUT2D eigenvalue weighted by Gasteiger charge is -2.31. The van der Waals surface area contributed by atoms with E-state index in [0.29, 0.717) is 5.56 Å². The van der Waals surface area contributed by atoms with Crippen molar-refractivity contribution in [3.8, 4) is 0 Å². The fraction of sp³-hybridized carbons (Fsp3) is 0.316. The van der Waals surface area contributed by atoms with Gasteiger partial charge in [0.15, 0.2) is 0 Å². The van der Waals surface area contributed by atoms with Crippen molar-refractivity contribution in [1.29, 1.82) is 0 Å². The molecule has 130 valence electrons. The molecule has 1 saturated heterocycles. The third kappa shape index (κ3) is 3.63. The Labute approximate surface area is 146 Å². The van der Waals surface area contributed by atoms with Gasteiger partial charge in [-0.25, -0.2) is 0 Å². The lowest BCUT2D eigenvalue weighted by atomic mass is 10.1. The maximum atomic E-state index is 13.1. The average Bonchev–Trinajstić information content (AvgIpc) is 2.67. The zero-order chi connectivity index (χ0) is 17.8. The summed E-state index contributed by atoms with van der Waals surface area (Å²) in [6.45, 7) is 1.74. The maximum absolute atomic E-state index is 13.1. The molecule has 6 nitrogen and oxygen atoms in total. The van der Waals surface area contributed by atoms with Crippen LogP contribution in [-0.4, -0.2) is 31.0 Å². The van der Waals surface area contributed by atoms with Gasteiger partial charge in [0.25, 0.3) is 11.6 Å². The number of amides is 1. The van der Waals surface area contributed by atoms with Crippen molar-refractivity contribution in [1.82, 2.24) is 0 Å². The van der Waals surface area contributed by atoms with Crippen LogP contribution in [0.3, 0.4) is 0 Å². The van der Waals surface area contributed by atoms with Gasteiger partial charge in [-0.2, -0.15) is 0 Å². The molecular formula is C19H21N3O3. The van der Waals surface area contributed by atoms with Crippen molar-refractivity contribution in [2.75, 3.05) is 29.9 Å². The van der Waals surface area contributed by atoms with Crippen LogP contribution in [-0.2, 0) is 0 Å². The molecule has 0 aliphatic carbocycles. The molecule has 0 N–H and O–H groups in total. The van der Waals surface area contributed by atoms with Crippen LogP contribution in [0.2, 0.25) is 0 Å². The number of non-ortho nitro benzene ring substituents is 1. The van der Waals surface area contributed by atoms with Crippen LogP contribution in [0.1, 0.15) is 29.6 Å². The van der Waals surface area contributed by atoms with Gasteiger partial charge in [0.2, 0.25) is 0 Å². The molecule has 1 aliphatic rings. The van der Waals surface area contributed by atoms with Gasteiger partial charge in [-0.05, 0) is 37.5 Å². The first-order chi connectivity index (χ1) is 12.1. The van der Waals surface area contributed by atoms with Gasteiger partial charge in [-0.15, -0.1) is 0 Å². The first-order valence-electron chi connectivity index (χ1n) is 8.44. The Morgan fingerprint density at radius 3 is 2.40 bits per heavy atom. The summed E-state index contributed by atoms with van der Waals surface area (Å²) in [6, 6.07) is 13.9. The molecule has 0 atom stereocenters. The summed E-state index contributed by atoms with van der Waals surface area (Å²) >= 11 is 0. The Morgan fingerprint density at radius 2 is 1.76 bits per heavy atom. The number of nitrogens with zero attached hydrogens (tertiary/aromatic N) is 3. The van der Waals surface area contributed by atoms with E-state index in [2.05, 4.69) is 4.90 Å². The molecular weight excluding hydrogens is 318 g/mol. The Kier molecular flexibility index (Phi) is 4.97. The fourth-order valence-electron chi connectivity index (χ4n) is 3.17. The van der Waals surface area contributed by atoms with E-state index >= 15 is 0 Å². The number of para-hydroxylation sites is 1. The quantitative estimate of drug-likeness (QED) is 0.626. The van der Waals surface area contributed by atoms with Crippen molar-refractivity contribution < 1.29 is 9.72 Å². The molecule has 1 aliphatic heterocycles. The highest BCUT2D eigenvalue weighted by atomic mass is 16.6. The summed E-state index contributed by atoms with van der Waals surface area (Å²) in [7, 11) is 1.69. The molecule has 3 rings (SSSR count). The van der Waals surface area contributed by atoms with Gasteiger partial charge >= 0.3 is 0 Å². The van der Waals surface area contributed by atoms with Gasteiger partial charge in [0.05, 0.1) is 16.2 Å². The minimum absolute atomic E-state index is 0.0643. The number of rotatable bonds is 4. The number of nitro groups is 1.